The zero-order chi connectivity index (χ0) is 24.2. The van der Waals surface area contributed by atoms with Gasteiger partial charge in [0.25, 0.3) is 0 Å². The fraction of sp³-hybridized carbons (Fsp3) is 0.280. The van der Waals surface area contributed by atoms with E-state index in [9.17, 15) is 14.7 Å². The summed E-state index contributed by atoms with van der Waals surface area (Å²) in [6, 6.07) is 16.5. The largest absolute Gasteiger partial charge is 0.480 e. The molecular weight excluding hydrogens is 432 g/mol. The maximum absolute atomic E-state index is 12.6. The third kappa shape index (κ3) is 4.63. The van der Waals surface area contributed by atoms with Gasteiger partial charge in [0.15, 0.2) is 5.82 Å². The first kappa shape index (κ1) is 23.0. The van der Waals surface area contributed by atoms with Gasteiger partial charge in [0.1, 0.15) is 6.04 Å². The molecule has 0 spiro atoms. The summed E-state index contributed by atoms with van der Waals surface area (Å²) in [5, 5.41) is 24.8. The smallest absolute Gasteiger partial charge is 0.326 e. The average Bonchev–Trinajstić information content (AvgIpc) is 3.37. The van der Waals surface area contributed by atoms with Crippen molar-refractivity contribution in [3.8, 4) is 22.6 Å². The van der Waals surface area contributed by atoms with E-state index < -0.39 is 12.0 Å². The summed E-state index contributed by atoms with van der Waals surface area (Å²) in [5.74, 6) is -0.832. The van der Waals surface area contributed by atoms with E-state index in [2.05, 4.69) is 20.6 Å². The number of pyridine rings is 1. The van der Waals surface area contributed by atoms with Crippen LogP contribution in [0.1, 0.15) is 32.8 Å². The van der Waals surface area contributed by atoms with Gasteiger partial charge in [-0.15, -0.1) is 5.10 Å². The van der Waals surface area contributed by atoms with Gasteiger partial charge in [-0.1, -0.05) is 57.2 Å². The Hall–Kier alpha value is -4.14. The van der Waals surface area contributed by atoms with Crippen LogP contribution in [0.25, 0.3) is 33.5 Å². The highest BCUT2D eigenvalue weighted by atomic mass is 16.4. The molecule has 1 amide bonds. The zero-order valence-corrected chi connectivity index (χ0v) is 19.3. The number of hydrogen-bond acceptors (Lipinski definition) is 6. The SMILES string of the molecule is CCC(=O)N(Cc1ccc2nc(-c3ccccc3-c3nnn[nH]3)ccc2c1)[C@H](C(=O)O)C(C)C. The first-order chi connectivity index (χ1) is 16.4. The van der Waals surface area contributed by atoms with E-state index in [1.807, 2.05) is 68.4 Å². The number of H-pyrrole nitrogens is 1. The number of amides is 1. The van der Waals surface area contributed by atoms with Crippen molar-refractivity contribution in [1.82, 2.24) is 30.5 Å². The van der Waals surface area contributed by atoms with E-state index in [4.69, 9.17) is 4.98 Å². The number of carbonyl (C=O) groups excluding carboxylic acids is 1. The molecule has 0 bridgehead atoms. The quantitative estimate of drug-likeness (QED) is 0.410. The molecule has 2 heterocycles. The molecule has 4 rings (SSSR count). The Balaban J connectivity index is 1.67. The number of carboxylic acids is 1. The highest BCUT2D eigenvalue weighted by molar-refractivity contribution is 5.86. The van der Waals surface area contributed by atoms with E-state index in [0.717, 1.165) is 33.3 Å². The first-order valence-electron chi connectivity index (χ1n) is 11.1. The van der Waals surface area contributed by atoms with E-state index in [0.29, 0.717) is 5.82 Å². The van der Waals surface area contributed by atoms with E-state index >= 15 is 0 Å². The Labute approximate surface area is 196 Å². The summed E-state index contributed by atoms with van der Waals surface area (Å²) in [6.45, 7) is 5.59. The standard InChI is InChI=1S/C25H26N6O3/c1-4-22(32)31(23(15(2)3)25(33)34)14-16-9-11-20-17(13-16)10-12-21(26-20)18-7-5-6-8-19(18)24-27-29-30-28-24/h5-13,15,23H,4,14H2,1-3H3,(H,33,34)(H,27,28,29,30)/t23-/m0/s1. The number of nitrogens with one attached hydrogen (secondary N) is 1. The van der Waals surface area contributed by atoms with Crippen molar-refractivity contribution in [1.29, 1.82) is 0 Å². The molecule has 9 heteroatoms. The molecule has 1 atom stereocenters. The molecule has 2 aromatic heterocycles. The summed E-state index contributed by atoms with van der Waals surface area (Å²) in [4.78, 5) is 30.7. The van der Waals surface area contributed by atoms with Crippen molar-refractivity contribution >= 4 is 22.8 Å². The number of aliphatic carboxylic acids is 1. The van der Waals surface area contributed by atoms with Gasteiger partial charge >= 0.3 is 5.97 Å². The Morgan fingerprint density at radius 1 is 1.06 bits per heavy atom. The lowest BCUT2D eigenvalue weighted by Crippen LogP contribution is -2.47. The number of hydrogen-bond donors (Lipinski definition) is 2. The van der Waals surface area contributed by atoms with Crippen molar-refractivity contribution < 1.29 is 14.7 Å². The summed E-state index contributed by atoms with van der Waals surface area (Å²) in [6.07, 6.45) is 0.245. The lowest BCUT2D eigenvalue weighted by Gasteiger charge is -2.31. The molecule has 0 radical (unpaired) electrons. The molecule has 2 aromatic carbocycles. The lowest BCUT2D eigenvalue weighted by molar-refractivity contribution is -0.152. The van der Waals surface area contributed by atoms with Crippen LogP contribution < -0.4 is 0 Å². The fourth-order valence-electron chi connectivity index (χ4n) is 4.13. The maximum atomic E-state index is 12.6. The Morgan fingerprint density at radius 3 is 2.47 bits per heavy atom. The minimum Gasteiger partial charge on any atom is -0.480 e. The van der Waals surface area contributed by atoms with Gasteiger partial charge in [-0.3, -0.25) is 4.79 Å². The lowest BCUT2D eigenvalue weighted by atomic mass is 10.00. The van der Waals surface area contributed by atoms with Crippen LogP contribution >= 0.6 is 0 Å². The van der Waals surface area contributed by atoms with Crippen LogP contribution in [0.15, 0.2) is 54.6 Å². The highest BCUT2D eigenvalue weighted by Crippen LogP contribution is 2.30. The summed E-state index contributed by atoms with van der Waals surface area (Å²) in [7, 11) is 0. The van der Waals surface area contributed by atoms with Crippen LogP contribution in [0, 0.1) is 5.92 Å². The number of tetrazole rings is 1. The topological polar surface area (TPSA) is 125 Å². The van der Waals surface area contributed by atoms with Gasteiger partial charge in [0.2, 0.25) is 5.91 Å². The molecule has 0 aliphatic carbocycles. The molecular formula is C25H26N6O3. The maximum Gasteiger partial charge on any atom is 0.326 e. The third-order valence-corrected chi connectivity index (χ3v) is 5.75. The number of carboxylic acid groups (broad SMARTS) is 1. The number of aromatic nitrogens is 5. The van der Waals surface area contributed by atoms with Gasteiger partial charge in [-0.2, -0.15) is 0 Å². The molecule has 2 N–H and O–H groups in total. The number of nitrogens with zero attached hydrogens (tertiary/aromatic N) is 5. The number of aromatic amines is 1. The van der Waals surface area contributed by atoms with Gasteiger partial charge in [-0.05, 0) is 40.1 Å². The van der Waals surface area contributed by atoms with Crippen LogP contribution in [0.4, 0.5) is 0 Å². The second-order valence-corrected chi connectivity index (χ2v) is 8.42. The van der Waals surface area contributed by atoms with Crippen LogP contribution in [0.5, 0.6) is 0 Å². The molecule has 4 aromatic rings. The average molecular weight is 459 g/mol. The second-order valence-electron chi connectivity index (χ2n) is 8.42. The molecule has 0 saturated heterocycles. The molecule has 0 aliphatic heterocycles. The van der Waals surface area contributed by atoms with Crippen molar-refractivity contribution in [2.24, 2.45) is 5.92 Å². The third-order valence-electron chi connectivity index (χ3n) is 5.75. The van der Waals surface area contributed by atoms with Crippen LogP contribution in [-0.2, 0) is 16.1 Å². The Bertz CT molecular complexity index is 1320. The minimum atomic E-state index is -0.996. The number of rotatable bonds is 8. The predicted molar refractivity (Wildman–Crippen MR) is 127 cm³/mol. The van der Waals surface area contributed by atoms with Crippen LogP contribution in [0.3, 0.4) is 0 Å². The molecule has 34 heavy (non-hydrogen) atoms. The molecule has 0 fully saturated rings. The highest BCUT2D eigenvalue weighted by Gasteiger charge is 2.31. The van der Waals surface area contributed by atoms with Gasteiger partial charge in [-0.25, -0.2) is 14.9 Å². The Morgan fingerprint density at radius 2 is 1.82 bits per heavy atom. The molecule has 0 aliphatic rings. The molecule has 174 valence electrons. The first-order valence-corrected chi connectivity index (χ1v) is 11.1. The fourth-order valence-corrected chi connectivity index (χ4v) is 4.13. The summed E-state index contributed by atoms with van der Waals surface area (Å²) < 4.78 is 0. The predicted octanol–water partition coefficient (Wildman–Crippen LogP) is 3.93. The van der Waals surface area contributed by atoms with Crippen molar-refractivity contribution in [3.05, 3.63) is 60.2 Å². The van der Waals surface area contributed by atoms with Crippen molar-refractivity contribution in [3.63, 3.8) is 0 Å². The van der Waals surface area contributed by atoms with Crippen LogP contribution in [-0.4, -0.2) is 53.5 Å². The molecule has 0 unspecified atom stereocenters. The van der Waals surface area contributed by atoms with Gasteiger partial charge < -0.3 is 10.0 Å². The number of benzene rings is 2. The van der Waals surface area contributed by atoms with E-state index in [-0.39, 0.29) is 24.8 Å². The summed E-state index contributed by atoms with van der Waals surface area (Å²) in [5.41, 5.74) is 4.16. The summed E-state index contributed by atoms with van der Waals surface area (Å²) >= 11 is 0. The zero-order valence-electron chi connectivity index (χ0n) is 19.3. The van der Waals surface area contributed by atoms with Crippen molar-refractivity contribution in [2.45, 2.75) is 39.8 Å². The van der Waals surface area contributed by atoms with Gasteiger partial charge in [0, 0.05) is 29.5 Å². The van der Waals surface area contributed by atoms with Gasteiger partial charge in [0.05, 0.1) is 11.2 Å². The molecule has 9 nitrogen and oxygen atoms in total. The van der Waals surface area contributed by atoms with Crippen molar-refractivity contribution in [2.75, 3.05) is 0 Å². The van der Waals surface area contributed by atoms with E-state index in [1.165, 1.54) is 4.90 Å². The molecule has 0 saturated carbocycles. The van der Waals surface area contributed by atoms with Crippen LogP contribution in [0.2, 0.25) is 0 Å². The monoisotopic (exact) mass is 458 g/mol. The minimum absolute atomic E-state index is 0.187. The Kier molecular flexibility index (Phi) is 6.62. The second kappa shape index (κ2) is 9.78. The normalized spacial score (nSPS) is 12.1. The van der Waals surface area contributed by atoms with E-state index in [1.54, 1.807) is 6.92 Å². The number of carbonyl (C=O) groups is 2. The number of fused-ring (bicyclic) bond motifs is 1.